The molecule has 2 atom stereocenters. The minimum atomic E-state index is -0.298. The van der Waals surface area contributed by atoms with Gasteiger partial charge in [-0.3, -0.25) is 4.79 Å². The number of nitrogens with one attached hydrogen (secondary N) is 2. The summed E-state index contributed by atoms with van der Waals surface area (Å²) in [7, 11) is 0. The molecule has 1 saturated carbocycles. The van der Waals surface area contributed by atoms with Crippen LogP contribution in [-0.2, 0) is 10.2 Å². The first-order valence-electron chi connectivity index (χ1n) is 9.80. The van der Waals surface area contributed by atoms with Crippen LogP contribution in [0.1, 0.15) is 68.9 Å². The molecule has 2 aliphatic heterocycles. The average Bonchev–Trinajstić information content (AvgIpc) is 2.94. The molecule has 25 heavy (non-hydrogen) atoms. The van der Waals surface area contributed by atoms with Crippen molar-refractivity contribution in [2.24, 2.45) is 0 Å². The second kappa shape index (κ2) is 7.67. The Bertz CT molecular complexity index is 600. The first kappa shape index (κ1) is 18.7. The third kappa shape index (κ3) is 3.59. The zero-order valence-corrected chi connectivity index (χ0v) is 16.0. The summed E-state index contributed by atoms with van der Waals surface area (Å²) in [5, 5.41) is 7.15. The smallest absolute Gasteiger partial charge is 0.230 e. The number of hydrogen-bond acceptors (Lipinski definition) is 2. The topological polar surface area (TPSA) is 41.1 Å². The number of carbonyl (C=O) groups excluding carboxylic acids is 1. The van der Waals surface area contributed by atoms with Crippen molar-refractivity contribution < 1.29 is 4.79 Å². The lowest BCUT2D eigenvalue weighted by molar-refractivity contribution is -0.129. The normalized spacial score (nSPS) is 30.4. The molecule has 1 aromatic rings. The summed E-state index contributed by atoms with van der Waals surface area (Å²) >= 11 is 0. The maximum atomic E-state index is 13.4. The Morgan fingerprint density at radius 1 is 1.08 bits per heavy atom. The van der Waals surface area contributed by atoms with Crippen molar-refractivity contribution in [3.05, 3.63) is 35.4 Å². The van der Waals surface area contributed by atoms with E-state index in [1.54, 1.807) is 0 Å². The molecule has 4 heteroatoms. The fourth-order valence-electron chi connectivity index (χ4n) is 5.38. The van der Waals surface area contributed by atoms with E-state index in [-0.39, 0.29) is 17.8 Å². The predicted molar refractivity (Wildman–Crippen MR) is 104 cm³/mol. The van der Waals surface area contributed by atoms with E-state index in [4.69, 9.17) is 0 Å². The lowest BCUT2D eigenvalue weighted by Crippen LogP contribution is -2.53. The third-order valence-corrected chi connectivity index (χ3v) is 6.61. The van der Waals surface area contributed by atoms with E-state index in [2.05, 4.69) is 41.8 Å². The van der Waals surface area contributed by atoms with Crippen molar-refractivity contribution in [1.29, 1.82) is 0 Å². The van der Waals surface area contributed by atoms with Gasteiger partial charge in [-0.1, -0.05) is 43.5 Å². The summed E-state index contributed by atoms with van der Waals surface area (Å²) in [5.41, 5.74) is 2.23. The Hall–Kier alpha value is -1.06. The van der Waals surface area contributed by atoms with E-state index in [0.29, 0.717) is 24.0 Å². The van der Waals surface area contributed by atoms with E-state index in [1.807, 2.05) is 0 Å². The van der Waals surface area contributed by atoms with Gasteiger partial charge < -0.3 is 10.6 Å². The zero-order chi connectivity index (χ0) is 16.6. The van der Waals surface area contributed by atoms with Crippen molar-refractivity contribution in [1.82, 2.24) is 10.6 Å². The molecule has 138 valence electrons. The third-order valence-electron chi connectivity index (χ3n) is 6.61. The van der Waals surface area contributed by atoms with Crippen LogP contribution in [0.3, 0.4) is 0 Å². The van der Waals surface area contributed by atoms with Crippen LogP contribution in [-0.4, -0.2) is 24.0 Å². The number of piperidine rings is 1. The fraction of sp³-hybridized carbons (Fsp3) is 0.667. The Morgan fingerprint density at radius 3 is 2.36 bits per heavy atom. The molecule has 2 N–H and O–H groups in total. The van der Waals surface area contributed by atoms with Gasteiger partial charge in [-0.25, -0.2) is 0 Å². The van der Waals surface area contributed by atoms with Crippen LogP contribution < -0.4 is 10.6 Å². The van der Waals surface area contributed by atoms with Gasteiger partial charge in [0.05, 0.1) is 5.41 Å². The van der Waals surface area contributed by atoms with E-state index >= 15 is 0 Å². The molecule has 3 aliphatic rings. The standard InChI is InChI=1S/C21H30N2O.ClH/c1-15-7-3-4-8-19(15)21(11-5-2-6-12-21)20(24)23-18-13-16-9-10-17(14-18)22-16;/h3-4,7-8,16-18,22H,2,5-6,9-14H2,1H3,(H,23,24);1H. The number of hydrogen-bond donors (Lipinski definition) is 2. The lowest BCUT2D eigenvalue weighted by atomic mass is 9.67. The molecule has 2 bridgehead atoms. The van der Waals surface area contributed by atoms with E-state index in [0.717, 1.165) is 25.7 Å². The Kier molecular flexibility index (Phi) is 5.75. The van der Waals surface area contributed by atoms with Crippen molar-refractivity contribution in [3.8, 4) is 0 Å². The van der Waals surface area contributed by atoms with Crippen molar-refractivity contribution in [3.63, 3.8) is 0 Å². The summed E-state index contributed by atoms with van der Waals surface area (Å²) in [6, 6.07) is 10.1. The van der Waals surface area contributed by atoms with Crippen LogP contribution in [0, 0.1) is 6.92 Å². The van der Waals surface area contributed by atoms with E-state index in [1.165, 1.54) is 43.2 Å². The summed E-state index contributed by atoms with van der Waals surface area (Å²) in [4.78, 5) is 13.4. The van der Waals surface area contributed by atoms with Crippen molar-refractivity contribution in [2.45, 2.75) is 88.3 Å². The first-order valence-corrected chi connectivity index (χ1v) is 9.80. The van der Waals surface area contributed by atoms with Crippen molar-refractivity contribution in [2.75, 3.05) is 0 Å². The van der Waals surface area contributed by atoms with Gasteiger partial charge in [0.15, 0.2) is 0 Å². The Balaban J connectivity index is 0.00000182. The summed E-state index contributed by atoms with van der Waals surface area (Å²) in [6.45, 7) is 2.16. The molecule has 1 amide bonds. The molecule has 4 rings (SSSR count). The number of rotatable bonds is 3. The molecule has 0 aromatic heterocycles. The SMILES string of the molecule is Cc1ccccc1C1(C(=O)NC2CC3CCC(C2)N3)CCCCC1.Cl. The number of fused-ring (bicyclic) bond motifs is 2. The maximum Gasteiger partial charge on any atom is 0.230 e. The molecule has 1 aliphatic carbocycles. The van der Waals surface area contributed by atoms with E-state index < -0.39 is 0 Å². The van der Waals surface area contributed by atoms with Gasteiger partial charge in [-0.15, -0.1) is 12.4 Å². The second-order valence-electron chi connectivity index (χ2n) is 8.24. The maximum absolute atomic E-state index is 13.4. The number of halogens is 1. The minimum absolute atomic E-state index is 0. The lowest BCUT2D eigenvalue weighted by Gasteiger charge is -2.39. The van der Waals surface area contributed by atoms with Gasteiger partial charge in [-0.05, 0) is 56.6 Å². The molecule has 2 unspecified atom stereocenters. The molecule has 1 aromatic carbocycles. The highest BCUT2D eigenvalue weighted by Crippen LogP contribution is 2.41. The molecule has 3 nitrogen and oxygen atoms in total. The van der Waals surface area contributed by atoms with Gasteiger partial charge in [0.2, 0.25) is 5.91 Å². The molecule has 3 fully saturated rings. The van der Waals surface area contributed by atoms with Crippen LogP contribution in [0.4, 0.5) is 0 Å². The predicted octanol–water partition coefficient (Wildman–Crippen LogP) is 4.02. The number of benzene rings is 1. The highest BCUT2D eigenvalue weighted by atomic mass is 35.5. The molecular weight excluding hydrogens is 332 g/mol. The van der Waals surface area contributed by atoms with Crippen LogP contribution in [0.25, 0.3) is 0 Å². The molecule has 0 spiro atoms. The highest BCUT2D eigenvalue weighted by Gasteiger charge is 2.43. The number of aryl methyl sites for hydroxylation is 1. The molecule has 2 saturated heterocycles. The van der Waals surface area contributed by atoms with Crippen LogP contribution >= 0.6 is 12.4 Å². The Labute approximate surface area is 157 Å². The van der Waals surface area contributed by atoms with Crippen LogP contribution in [0.5, 0.6) is 0 Å². The van der Waals surface area contributed by atoms with Gasteiger partial charge in [0.1, 0.15) is 0 Å². The fourth-order valence-corrected chi connectivity index (χ4v) is 5.38. The largest absolute Gasteiger partial charge is 0.352 e. The molecule has 0 radical (unpaired) electrons. The van der Waals surface area contributed by atoms with Crippen LogP contribution in [0.15, 0.2) is 24.3 Å². The summed E-state index contributed by atoms with van der Waals surface area (Å²) in [5.74, 6) is 0.294. The molecular formula is C21H31ClN2O. The van der Waals surface area contributed by atoms with Gasteiger partial charge >= 0.3 is 0 Å². The van der Waals surface area contributed by atoms with Gasteiger partial charge in [-0.2, -0.15) is 0 Å². The highest BCUT2D eigenvalue weighted by molar-refractivity contribution is 5.89. The second-order valence-corrected chi connectivity index (χ2v) is 8.24. The number of carbonyl (C=O) groups is 1. The first-order chi connectivity index (χ1) is 11.7. The quantitative estimate of drug-likeness (QED) is 0.852. The average molecular weight is 363 g/mol. The van der Waals surface area contributed by atoms with Crippen LogP contribution in [0.2, 0.25) is 0 Å². The van der Waals surface area contributed by atoms with Gasteiger partial charge in [0, 0.05) is 18.1 Å². The monoisotopic (exact) mass is 362 g/mol. The van der Waals surface area contributed by atoms with Crippen molar-refractivity contribution >= 4 is 18.3 Å². The molecule has 2 heterocycles. The van der Waals surface area contributed by atoms with Gasteiger partial charge in [0.25, 0.3) is 0 Å². The summed E-state index contributed by atoms with van der Waals surface area (Å²) in [6.07, 6.45) is 10.4. The van der Waals surface area contributed by atoms with E-state index in [9.17, 15) is 4.79 Å². The number of amides is 1. The summed E-state index contributed by atoms with van der Waals surface area (Å²) < 4.78 is 0. The zero-order valence-electron chi connectivity index (χ0n) is 15.2. The minimum Gasteiger partial charge on any atom is -0.352 e. The Morgan fingerprint density at radius 2 is 1.72 bits per heavy atom.